The van der Waals surface area contributed by atoms with E-state index in [1.807, 2.05) is 43.3 Å². The lowest BCUT2D eigenvalue weighted by Gasteiger charge is -2.18. The van der Waals surface area contributed by atoms with Crippen LogP contribution in [0.1, 0.15) is 25.0 Å². The Bertz CT molecular complexity index is 632. The van der Waals surface area contributed by atoms with Gasteiger partial charge in [0.15, 0.2) is 6.61 Å². The average Bonchev–Trinajstić information content (AvgIpc) is 2.60. The first-order chi connectivity index (χ1) is 11.6. The van der Waals surface area contributed by atoms with Gasteiger partial charge in [-0.15, -0.1) is 0 Å². The first-order valence-electron chi connectivity index (χ1n) is 8.41. The molecule has 0 spiro atoms. The van der Waals surface area contributed by atoms with Gasteiger partial charge in [0, 0.05) is 12.2 Å². The van der Waals surface area contributed by atoms with E-state index in [1.54, 1.807) is 0 Å². The Morgan fingerprint density at radius 2 is 1.62 bits per heavy atom. The summed E-state index contributed by atoms with van der Waals surface area (Å²) in [5.41, 5.74) is 3.19. The van der Waals surface area contributed by atoms with Crippen LogP contribution in [0.15, 0.2) is 48.5 Å². The van der Waals surface area contributed by atoms with Crippen LogP contribution in [0.2, 0.25) is 0 Å². The number of carbonyl (C=O) groups is 1. The molecule has 4 nitrogen and oxygen atoms in total. The summed E-state index contributed by atoms with van der Waals surface area (Å²) in [7, 11) is 0. The summed E-state index contributed by atoms with van der Waals surface area (Å²) in [6.07, 6.45) is 0. The molecule has 128 valence electrons. The highest BCUT2D eigenvalue weighted by Crippen LogP contribution is 2.13. The first kappa shape index (κ1) is 18.0. The summed E-state index contributed by atoms with van der Waals surface area (Å²) in [5, 5.41) is 2.85. The molecular formula is C20H26N2O2. The molecule has 24 heavy (non-hydrogen) atoms. The number of amides is 1. The van der Waals surface area contributed by atoms with E-state index in [9.17, 15) is 4.79 Å². The molecule has 0 bridgehead atoms. The number of benzene rings is 2. The molecule has 0 saturated heterocycles. The lowest BCUT2D eigenvalue weighted by atomic mass is 10.2. The van der Waals surface area contributed by atoms with Crippen LogP contribution in [0.3, 0.4) is 0 Å². The van der Waals surface area contributed by atoms with Crippen molar-refractivity contribution in [2.24, 2.45) is 0 Å². The van der Waals surface area contributed by atoms with Gasteiger partial charge in [-0.25, -0.2) is 0 Å². The second-order valence-corrected chi connectivity index (χ2v) is 5.81. The van der Waals surface area contributed by atoms with Crippen LogP contribution < -0.4 is 10.1 Å². The largest absolute Gasteiger partial charge is 0.484 e. The van der Waals surface area contributed by atoms with E-state index in [2.05, 4.69) is 36.2 Å². The van der Waals surface area contributed by atoms with E-state index in [4.69, 9.17) is 4.74 Å². The molecule has 0 fully saturated rings. The van der Waals surface area contributed by atoms with E-state index in [0.29, 0.717) is 5.75 Å². The molecule has 0 atom stereocenters. The monoisotopic (exact) mass is 326 g/mol. The number of nitrogens with one attached hydrogen (secondary N) is 1. The number of carbonyl (C=O) groups excluding carboxylic acids is 1. The fourth-order valence-electron chi connectivity index (χ4n) is 2.38. The number of anilines is 1. The maximum absolute atomic E-state index is 12.0. The molecule has 0 unspecified atom stereocenters. The van der Waals surface area contributed by atoms with Crippen molar-refractivity contribution in [2.75, 3.05) is 25.0 Å². The number of rotatable bonds is 8. The van der Waals surface area contributed by atoms with Crippen molar-refractivity contribution >= 4 is 11.6 Å². The van der Waals surface area contributed by atoms with Crippen LogP contribution in [-0.2, 0) is 11.3 Å². The third kappa shape index (κ3) is 5.70. The highest BCUT2D eigenvalue weighted by atomic mass is 16.5. The molecule has 0 aromatic heterocycles. The standard InChI is InChI=1S/C20H26N2O2/c1-4-22(5-2)14-17-8-10-18(11-9-17)21-20(23)15-24-19-12-6-16(3)7-13-19/h6-13H,4-5,14-15H2,1-3H3,(H,21,23). The van der Waals surface area contributed by atoms with Crippen LogP contribution in [-0.4, -0.2) is 30.5 Å². The molecule has 1 amide bonds. The van der Waals surface area contributed by atoms with E-state index in [-0.39, 0.29) is 12.5 Å². The second kappa shape index (κ2) is 9.08. The zero-order valence-electron chi connectivity index (χ0n) is 14.7. The molecule has 2 aromatic rings. The normalized spacial score (nSPS) is 10.7. The fraction of sp³-hybridized carbons (Fsp3) is 0.350. The number of nitrogens with zero attached hydrogens (tertiary/aromatic N) is 1. The van der Waals surface area contributed by atoms with Crippen molar-refractivity contribution in [3.8, 4) is 5.75 Å². The van der Waals surface area contributed by atoms with E-state index in [0.717, 1.165) is 30.9 Å². The Morgan fingerprint density at radius 3 is 2.21 bits per heavy atom. The Hall–Kier alpha value is -2.33. The van der Waals surface area contributed by atoms with Crippen LogP contribution >= 0.6 is 0 Å². The SMILES string of the molecule is CCN(CC)Cc1ccc(NC(=O)COc2ccc(C)cc2)cc1. The Balaban J connectivity index is 1.82. The van der Waals surface area contributed by atoms with E-state index >= 15 is 0 Å². The molecule has 0 saturated carbocycles. The average molecular weight is 326 g/mol. The van der Waals surface area contributed by atoms with Gasteiger partial charge in [0.05, 0.1) is 0 Å². The minimum atomic E-state index is -0.160. The maximum Gasteiger partial charge on any atom is 0.262 e. The van der Waals surface area contributed by atoms with E-state index < -0.39 is 0 Å². The molecular weight excluding hydrogens is 300 g/mol. The molecule has 0 aliphatic carbocycles. The zero-order valence-corrected chi connectivity index (χ0v) is 14.7. The molecule has 0 radical (unpaired) electrons. The molecule has 2 rings (SSSR count). The van der Waals surface area contributed by atoms with Gasteiger partial charge < -0.3 is 10.1 Å². The van der Waals surface area contributed by atoms with Crippen molar-refractivity contribution in [3.63, 3.8) is 0 Å². The predicted octanol–water partition coefficient (Wildman–Crippen LogP) is 3.85. The van der Waals surface area contributed by atoms with Crippen LogP contribution in [0.4, 0.5) is 5.69 Å². The van der Waals surface area contributed by atoms with Gasteiger partial charge in [0.1, 0.15) is 5.75 Å². The molecule has 0 heterocycles. The Kier molecular flexibility index (Phi) is 6.82. The molecule has 0 aliphatic heterocycles. The van der Waals surface area contributed by atoms with Gasteiger partial charge in [-0.2, -0.15) is 0 Å². The molecule has 1 N–H and O–H groups in total. The maximum atomic E-state index is 12.0. The van der Waals surface area contributed by atoms with Gasteiger partial charge in [-0.3, -0.25) is 9.69 Å². The van der Waals surface area contributed by atoms with Crippen LogP contribution in [0.5, 0.6) is 5.75 Å². The van der Waals surface area contributed by atoms with Gasteiger partial charge >= 0.3 is 0 Å². The van der Waals surface area contributed by atoms with Crippen molar-refractivity contribution in [3.05, 3.63) is 59.7 Å². The quantitative estimate of drug-likeness (QED) is 0.801. The molecule has 0 aliphatic rings. The summed E-state index contributed by atoms with van der Waals surface area (Å²) < 4.78 is 5.48. The highest BCUT2D eigenvalue weighted by molar-refractivity contribution is 5.91. The summed E-state index contributed by atoms with van der Waals surface area (Å²) in [6, 6.07) is 15.6. The van der Waals surface area contributed by atoms with Gasteiger partial charge in [-0.05, 0) is 49.8 Å². The number of ether oxygens (including phenoxy) is 1. The van der Waals surface area contributed by atoms with Crippen molar-refractivity contribution in [1.82, 2.24) is 4.90 Å². The summed E-state index contributed by atoms with van der Waals surface area (Å²) in [4.78, 5) is 14.3. The van der Waals surface area contributed by atoms with Gasteiger partial charge in [0.25, 0.3) is 5.91 Å². The Morgan fingerprint density at radius 1 is 1.00 bits per heavy atom. The third-order valence-corrected chi connectivity index (χ3v) is 3.93. The topological polar surface area (TPSA) is 41.6 Å². The Labute approximate surface area is 144 Å². The number of hydrogen-bond donors (Lipinski definition) is 1. The number of hydrogen-bond acceptors (Lipinski definition) is 3. The lowest BCUT2D eigenvalue weighted by molar-refractivity contribution is -0.118. The minimum absolute atomic E-state index is 0.00423. The number of aryl methyl sites for hydroxylation is 1. The second-order valence-electron chi connectivity index (χ2n) is 5.81. The summed E-state index contributed by atoms with van der Waals surface area (Å²) >= 11 is 0. The predicted molar refractivity (Wildman–Crippen MR) is 98.4 cm³/mol. The lowest BCUT2D eigenvalue weighted by Crippen LogP contribution is -2.22. The van der Waals surface area contributed by atoms with Gasteiger partial charge in [0.2, 0.25) is 0 Å². The van der Waals surface area contributed by atoms with E-state index in [1.165, 1.54) is 5.56 Å². The first-order valence-corrected chi connectivity index (χ1v) is 8.41. The van der Waals surface area contributed by atoms with Crippen LogP contribution in [0.25, 0.3) is 0 Å². The fourth-order valence-corrected chi connectivity index (χ4v) is 2.38. The smallest absolute Gasteiger partial charge is 0.262 e. The van der Waals surface area contributed by atoms with Gasteiger partial charge in [-0.1, -0.05) is 43.7 Å². The van der Waals surface area contributed by atoms with Crippen molar-refractivity contribution in [2.45, 2.75) is 27.3 Å². The highest BCUT2D eigenvalue weighted by Gasteiger charge is 2.05. The molecule has 2 aromatic carbocycles. The van der Waals surface area contributed by atoms with Crippen LogP contribution in [0, 0.1) is 6.92 Å². The third-order valence-electron chi connectivity index (χ3n) is 3.93. The summed E-state index contributed by atoms with van der Waals surface area (Å²) in [5.74, 6) is 0.539. The summed E-state index contributed by atoms with van der Waals surface area (Å²) in [6.45, 7) is 9.33. The van der Waals surface area contributed by atoms with Crippen molar-refractivity contribution in [1.29, 1.82) is 0 Å². The molecule has 4 heteroatoms. The van der Waals surface area contributed by atoms with Crippen molar-refractivity contribution < 1.29 is 9.53 Å². The minimum Gasteiger partial charge on any atom is -0.484 e. The zero-order chi connectivity index (χ0) is 17.4.